The number of carbonyl (C=O) groups excluding carboxylic acids is 1. The second kappa shape index (κ2) is 3.26. The third-order valence-electron chi connectivity index (χ3n) is 1.62. The van der Waals surface area contributed by atoms with Gasteiger partial charge in [-0.25, -0.2) is 4.79 Å². The van der Waals surface area contributed by atoms with Gasteiger partial charge in [0.2, 0.25) is 0 Å². The van der Waals surface area contributed by atoms with E-state index in [1.54, 1.807) is 24.4 Å². The molecule has 2 aromatic rings. The molecule has 4 nitrogen and oxygen atoms in total. The highest BCUT2D eigenvalue weighted by atomic mass is 16.5. The molecule has 0 saturated heterocycles. The second-order valence-electron chi connectivity index (χ2n) is 2.44. The van der Waals surface area contributed by atoms with Crippen LogP contribution in [0.5, 0.6) is 0 Å². The van der Waals surface area contributed by atoms with Crippen LogP contribution in [0.1, 0.15) is 5.56 Å². The first kappa shape index (κ1) is 7.79. The number of benzene rings is 1. The maximum absolute atomic E-state index is 9.78. The summed E-state index contributed by atoms with van der Waals surface area (Å²) in [5.74, 6) is 0. The van der Waals surface area contributed by atoms with Gasteiger partial charge in [0.25, 0.3) is 0 Å². The molecule has 0 aliphatic rings. The van der Waals surface area contributed by atoms with Crippen molar-refractivity contribution < 1.29 is 14.1 Å². The molecular weight excluding hydrogens is 170 g/mol. The summed E-state index contributed by atoms with van der Waals surface area (Å²) in [6.07, 6.45) is 1.59. The Labute approximate surface area is 74.1 Å². The highest BCUT2D eigenvalue weighted by molar-refractivity contribution is 5.76. The summed E-state index contributed by atoms with van der Waals surface area (Å²) in [5, 5.41) is 4.48. The molecule has 2 rings (SSSR count). The Morgan fingerprint density at radius 3 is 3.31 bits per heavy atom. The van der Waals surface area contributed by atoms with Gasteiger partial charge >= 0.3 is 6.47 Å². The van der Waals surface area contributed by atoms with Crippen LogP contribution < -0.4 is 0 Å². The van der Waals surface area contributed by atoms with Crippen molar-refractivity contribution in [2.45, 2.75) is 0 Å². The van der Waals surface area contributed by atoms with Gasteiger partial charge in [-0.2, -0.15) is 0 Å². The van der Waals surface area contributed by atoms with E-state index in [0.29, 0.717) is 5.58 Å². The minimum absolute atomic E-state index is 0.701. The Hall–Kier alpha value is -1.84. The molecule has 1 heterocycles. The van der Waals surface area contributed by atoms with Crippen LogP contribution in [-0.2, 0) is 9.53 Å². The van der Waals surface area contributed by atoms with Crippen molar-refractivity contribution in [1.82, 2.24) is 5.16 Å². The lowest BCUT2D eigenvalue weighted by Crippen LogP contribution is -1.85. The lowest BCUT2D eigenvalue weighted by Gasteiger charge is -1.95. The highest BCUT2D eigenvalue weighted by Crippen LogP contribution is 2.15. The van der Waals surface area contributed by atoms with Crippen LogP contribution in [-0.4, -0.2) is 11.6 Å². The summed E-state index contributed by atoms with van der Waals surface area (Å²) in [7, 11) is 0. The predicted octanol–water partition coefficient (Wildman–Crippen LogP) is 1.42. The van der Waals surface area contributed by atoms with Crippen LogP contribution in [0, 0.1) is 6.61 Å². The predicted molar refractivity (Wildman–Crippen MR) is 44.2 cm³/mol. The summed E-state index contributed by atoms with van der Waals surface area (Å²) < 4.78 is 9.26. The van der Waals surface area contributed by atoms with Gasteiger partial charge in [0.05, 0.1) is 6.20 Å². The topological polar surface area (TPSA) is 52.3 Å². The van der Waals surface area contributed by atoms with E-state index >= 15 is 0 Å². The monoisotopic (exact) mass is 175 g/mol. The van der Waals surface area contributed by atoms with Crippen molar-refractivity contribution in [3.05, 3.63) is 36.6 Å². The van der Waals surface area contributed by atoms with E-state index in [4.69, 9.17) is 4.52 Å². The minimum Gasteiger partial charge on any atom is -0.445 e. The molecule has 0 N–H and O–H groups in total. The van der Waals surface area contributed by atoms with E-state index in [0.717, 1.165) is 10.9 Å². The molecule has 0 bridgehead atoms. The summed E-state index contributed by atoms with van der Waals surface area (Å²) >= 11 is 0. The Morgan fingerprint density at radius 2 is 2.46 bits per heavy atom. The zero-order valence-electron chi connectivity index (χ0n) is 6.56. The molecule has 0 amide bonds. The van der Waals surface area contributed by atoms with E-state index < -0.39 is 0 Å². The largest absolute Gasteiger partial charge is 0.445 e. The first-order chi connectivity index (χ1) is 6.40. The van der Waals surface area contributed by atoms with Crippen LogP contribution in [0.25, 0.3) is 11.0 Å². The van der Waals surface area contributed by atoms with Gasteiger partial charge in [-0.3, -0.25) is 0 Å². The Bertz CT molecular complexity index is 421. The molecule has 0 aliphatic carbocycles. The Balaban J connectivity index is 2.31. The SMILES string of the molecule is O=[C]O[CH]c1ccc2oncc2c1. The molecule has 13 heavy (non-hydrogen) atoms. The van der Waals surface area contributed by atoms with Crippen LogP contribution in [0.3, 0.4) is 0 Å². The molecule has 0 unspecified atom stereocenters. The quantitative estimate of drug-likeness (QED) is 0.707. The van der Waals surface area contributed by atoms with Crippen molar-refractivity contribution >= 4 is 17.4 Å². The Morgan fingerprint density at radius 1 is 1.54 bits per heavy atom. The molecule has 64 valence electrons. The van der Waals surface area contributed by atoms with Gasteiger partial charge in [0.1, 0.15) is 0 Å². The van der Waals surface area contributed by atoms with Crippen LogP contribution in [0.4, 0.5) is 0 Å². The number of hydrogen-bond donors (Lipinski definition) is 0. The third-order valence-corrected chi connectivity index (χ3v) is 1.62. The average Bonchev–Trinajstić information content (AvgIpc) is 2.61. The molecule has 0 aliphatic heterocycles. The van der Waals surface area contributed by atoms with E-state index in [1.165, 1.54) is 13.1 Å². The van der Waals surface area contributed by atoms with Gasteiger partial charge in [-0.1, -0.05) is 11.2 Å². The Kier molecular flexibility index (Phi) is 1.96. The van der Waals surface area contributed by atoms with Gasteiger partial charge in [0.15, 0.2) is 12.2 Å². The number of ether oxygens (including phenoxy) is 1. The van der Waals surface area contributed by atoms with Crippen molar-refractivity contribution in [1.29, 1.82) is 0 Å². The maximum atomic E-state index is 9.78. The molecule has 4 heteroatoms. The molecule has 0 spiro atoms. The zero-order valence-corrected chi connectivity index (χ0v) is 6.56. The van der Waals surface area contributed by atoms with Gasteiger partial charge in [0, 0.05) is 5.39 Å². The average molecular weight is 175 g/mol. The highest BCUT2D eigenvalue weighted by Gasteiger charge is 2.00. The van der Waals surface area contributed by atoms with Crippen LogP contribution in [0.2, 0.25) is 0 Å². The molecule has 1 aromatic heterocycles. The minimum atomic E-state index is 0.701. The van der Waals surface area contributed by atoms with E-state index in [2.05, 4.69) is 9.89 Å². The zero-order chi connectivity index (χ0) is 9.10. The van der Waals surface area contributed by atoms with Crippen molar-refractivity contribution in [2.24, 2.45) is 0 Å². The first-order valence-corrected chi connectivity index (χ1v) is 3.60. The fourth-order valence-electron chi connectivity index (χ4n) is 1.06. The van der Waals surface area contributed by atoms with Crippen molar-refractivity contribution in [3.63, 3.8) is 0 Å². The number of fused-ring (bicyclic) bond motifs is 1. The normalized spacial score (nSPS) is 10.2. The van der Waals surface area contributed by atoms with E-state index in [-0.39, 0.29) is 0 Å². The summed E-state index contributed by atoms with van der Waals surface area (Å²) in [5.41, 5.74) is 1.46. The lowest BCUT2D eigenvalue weighted by molar-refractivity contribution is 0.364. The summed E-state index contributed by atoms with van der Waals surface area (Å²) in [4.78, 5) is 9.78. The van der Waals surface area contributed by atoms with Crippen LogP contribution >= 0.6 is 0 Å². The van der Waals surface area contributed by atoms with Gasteiger partial charge < -0.3 is 9.26 Å². The molecular formula is C9H5NO3. The fourth-order valence-corrected chi connectivity index (χ4v) is 1.06. The van der Waals surface area contributed by atoms with E-state index in [9.17, 15) is 4.79 Å². The van der Waals surface area contributed by atoms with Gasteiger partial charge in [-0.05, 0) is 17.7 Å². The first-order valence-electron chi connectivity index (χ1n) is 3.60. The second-order valence-corrected chi connectivity index (χ2v) is 2.44. The number of hydrogen-bond acceptors (Lipinski definition) is 4. The molecule has 0 fully saturated rings. The smallest absolute Gasteiger partial charge is 0.418 e. The summed E-state index contributed by atoms with van der Waals surface area (Å²) in [6, 6.07) is 5.30. The third kappa shape index (κ3) is 1.51. The van der Waals surface area contributed by atoms with Crippen molar-refractivity contribution in [3.8, 4) is 0 Å². The molecule has 0 saturated carbocycles. The standard InChI is InChI=1S/C9H5NO3/c11-6-12-5-7-1-2-9-8(3-7)4-10-13-9/h1-5H. The lowest BCUT2D eigenvalue weighted by atomic mass is 10.2. The number of nitrogens with zero attached hydrogens (tertiary/aromatic N) is 1. The molecule has 2 radical (unpaired) electrons. The fraction of sp³-hybridized carbons (Fsp3) is 0. The van der Waals surface area contributed by atoms with Crippen molar-refractivity contribution in [2.75, 3.05) is 0 Å². The maximum Gasteiger partial charge on any atom is 0.418 e. The van der Waals surface area contributed by atoms with E-state index in [1.807, 2.05) is 0 Å². The summed E-state index contributed by atoms with van der Waals surface area (Å²) in [6.45, 7) is 2.62. The van der Waals surface area contributed by atoms with Gasteiger partial charge in [-0.15, -0.1) is 0 Å². The molecule has 1 aromatic carbocycles. The number of rotatable bonds is 3. The van der Waals surface area contributed by atoms with Crippen LogP contribution in [0.15, 0.2) is 28.9 Å². The molecule has 0 atom stereocenters. The number of aromatic nitrogens is 1.